The molecular formula is C11H14BNO2. The Morgan fingerprint density at radius 2 is 2.13 bits per heavy atom. The Bertz CT molecular complexity index is 303. The van der Waals surface area contributed by atoms with Gasteiger partial charge in [-0.2, -0.15) is 0 Å². The SMILES string of the molecule is [B]OC(=O)[C@@H](C)CNCc1ccccc1. The van der Waals surface area contributed by atoms with Gasteiger partial charge < -0.3 is 9.97 Å². The number of carbonyl (C=O) groups excluding carboxylic acids is 1. The lowest BCUT2D eigenvalue weighted by molar-refractivity contribution is -0.137. The maximum Gasteiger partial charge on any atom is 0.378 e. The molecule has 0 bridgehead atoms. The molecule has 1 rings (SSSR count). The molecule has 1 aromatic carbocycles. The summed E-state index contributed by atoms with van der Waals surface area (Å²) in [4.78, 5) is 11.0. The summed E-state index contributed by atoms with van der Waals surface area (Å²) >= 11 is 0. The van der Waals surface area contributed by atoms with Gasteiger partial charge in [-0.1, -0.05) is 37.3 Å². The Kier molecular flexibility index (Phi) is 4.91. The molecule has 0 heterocycles. The third-order valence-corrected chi connectivity index (χ3v) is 2.14. The van der Waals surface area contributed by atoms with Crippen molar-refractivity contribution >= 4 is 14.0 Å². The first-order valence-electron chi connectivity index (χ1n) is 4.89. The van der Waals surface area contributed by atoms with Crippen LogP contribution in [0.1, 0.15) is 12.5 Å². The molecule has 78 valence electrons. The molecule has 0 saturated heterocycles. The molecule has 3 nitrogen and oxygen atoms in total. The highest BCUT2D eigenvalue weighted by molar-refractivity contribution is 6.05. The zero-order valence-corrected chi connectivity index (χ0v) is 8.77. The summed E-state index contributed by atoms with van der Waals surface area (Å²) in [6.45, 7) is 3.07. The Labute approximate surface area is 91.3 Å². The van der Waals surface area contributed by atoms with Crippen molar-refractivity contribution in [1.29, 1.82) is 0 Å². The van der Waals surface area contributed by atoms with Gasteiger partial charge in [-0.05, 0) is 5.56 Å². The Morgan fingerprint density at radius 3 is 2.73 bits per heavy atom. The topological polar surface area (TPSA) is 38.3 Å². The second kappa shape index (κ2) is 6.25. The van der Waals surface area contributed by atoms with Crippen molar-refractivity contribution in [3.05, 3.63) is 35.9 Å². The average molecular weight is 203 g/mol. The molecule has 0 fully saturated rings. The van der Waals surface area contributed by atoms with Crippen molar-refractivity contribution in [1.82, 2.24) is 5.32 Å². The molecule has 0 aromatic heterocycles. The van der Waals surface area contributed by atoms with Crippen molar-refractivity contribution in [3.8, 4) is 0 Å². The predicted octanol–water partition coefficient (Wildman–Crippen LogP) is 1.04. The third-order valence-electron chi connectivity index (χ3n) is 2.14. The number of hydrogen-bond acceptors (Lipinski definition) is 3. The summed E-state index contributed by atoms with van der Waals surface area (Å²) in [5.41, 5.74) is 1.19. The van der Waals surface area contributed by atoms with Gasteiger partial charge in [-0.15, -0.1) is 0 Å². The van der Waals surface area contributed by atoms with Crippen LogP contribution in [0.2, 0.25) is 0 Å². The minimum absolute atomic E-state index is 0.223. The molecule has 0 aliphatic heterocycles. The van der Waals surface area contributed by atoms with Gasteiger partial charge in [0.1, 0.15) is 0 Å². The zero-order valence-electron chi connectivity index (χ0n) is 8.77. The smallest absolute Gasteiger partial charge is 0.378 e. The fourth-order valence-electron chi connectivity index (χ4n) is 1.23. The first-order chi connectivity index (χ1) is 7.24. The van der Waals surface area contributed by atoms with E-state index >= 15 is 0 Å². The molecule has 15 heavy (non-hydrogen) atoms. The number of benzene rings is 1. The standard InChI is InChI=1S/C11H14BNO2/c1-9(11(14)15-12)7-13-8-10-5-3-2-4-6-10/h2-6,9,13H,7-8H2,1H3/t9-/m0/s1. The third kappa shape index (κ3) is 4.17. The zero-order chi connectivity index (χ0) is 11.1. The van der Waals surface area contributed by atoms with Gasteiger partial charge in [-0.3, -0.25) is 4.79 Å². The highest BCUT2D eigenvalue weighted by Crippen LogP contribution is 1.99. The van der Waals surface area contributed by atoms with E-state index in [1.165, 1.54) is 5.56 Å². The van der Waals surface area contributed by atoms with Gasteiger partial charge in [-0.25, -0.2) is 0 Å². The van der Waals surface area contributed by atoms with E-state index < -0.39 is 5.97 Å². The Balaban J connectivity index is 2.25. The van der Waals surface area contributed by atoms with Crippen molar-refractivity contribution in [2.45, 2.75) is 13.5 Å². The fraction of sp³-hybridized carbons (Fsp3) is 0.364. The maximum absolute atomic E-state index is 11.0. The second-order valence-corrected chi connectivity index (χ2v) is 3.45. The molecule has 1 atom stereocenters. The van der Waals surface area contributed by atoms with E-state index in [0.717, 1.165) is 6.54 Å². The van der Waals surface area contributed by atoms with Crippen LogP contribution in [0, 0.1) is 5.92 Å². The van der Waals surface area contributed by atoms with E-state index in [9.17, 15) is 4.79 Å². The second-order valence-electron chi connectivity index (χ2n) is 3.45. The van der Waals surface area contributed by atoms with E-state index in [0.29, 0.717) is 6.54 Å². The van der Waals surface area contributed by atoms with Crippen LogP contribution >= 0.6 is 0 Å². The molecule has 1 N–H and O–H groups in total. The van der Waals surface area contributed by atoms with Gasteiger partial charge in [0.05, 0.1) is 5.92 Å². The van der Waals surface area contributed by atoms with Crippen LogP contribution in [-0.4, -0.2) is 20.6 Å². The van der Waals surface area contributed by atoms with E-state index in [1.807, 2.05) is 30.3 Å². The lowest BCUT2D eigenvalue weighted by Crippen LogP contribution is -2.27. The minimum Gasteiger partial charge on any atom is -0.543 e. The Morgan fingerprint density at radius 1 is 1.47 bits per heavy atom. The molecule has 4 heteroatoms. The quantitative estimate of drug-likeness (QED) is 0.726. The van der Waals surface area contributed by atoms with E-state index in [4.69, 9.17) is 8.05 Å². The van der Waals surface area contributed by atoms with E-state index in [2.05, 4.69) is 9.97 Å². The van der Waals surface area contributed by atoms with Gasteiger partial charge in [0.15, 0.2) is 0 Å². The monoisotopic (exact) mass is 203 g/mol. The summed E-state index contributed by atoms with van der Waals surface area (Å²) in [7, 11) is 4.78. The Hall–Kier alpha value is -1.29. The summed E-state index contributed by atoms with van der Waals surface area (Å²) in [5, 5.41) is 3.16. The molecule has 0 amide bonds. The average Bonchev–Trinajstić information content (AvgIpc) is 2.29. The first-order valence-corrected chi connectivity index (χ1v) is 4.89. The number of hydrogen-bond donors (Lipinski definition) is 1. The van der Waals surface area contributed by atoms with Gasteiger partial charge in [0, 0.05) is 13.1 Å². The summed E-state index contributed by atoms with van der Waals surface area (Å²) < 4.78 is 4.14. The molecule has 0 unspecified atom stereocenters. The molecule has 0 aliphatic carbocycles. The molecular weight excluding hydrogens is 189 g/mol. The molecule has 1 aromatic rings. The van der Waals surface area contributed by atoms with Crippen molar-refractivity contribution in [2.24, 2.45) is 5.92 Å². The lowest BCUT2D eigenvalue weighted by atomic mass is 10.1. The van der Waals surface area contributed by atoms with E-state index in [1.54, 1.807) is 6.92 Å². The molecule has 0 aliphatic rings. The van der Waals surface area contributed by atoms with Gasteiger partial charge in [0.2, 0.25) is 0 Å². The van der Waals surface area contributed by atoms with Crippen LogP contribution in [0.4, 0.5) is 0 Å². The van der Waals surface area contributed by atoms with Gasteiger partial charge in [0.25, 0.3) is 5.97 Å². The first kappa shape index (κ1) is 11.8. The summed E-state index contributed by atoms with van der Waals surface area (Å²) in [6, 6.07) is 9.99. The van der Waals surface area contributed by atoms with Crippen LogP contribution < -0.4 is 5.32 Å². The summed E-state index contributed by atoms with van der Waals surface area (Å²) in [6.07, 6.45) is 0. The molecule has 0 spiro atoms. The van der Waals surface area contributed by atoms with Crippen LogP contribution in [0.3, 0.4) is 0 Å². The van der Waals surface area contributed by atoms with Crippen molar-refractivity contribution < 1.29 is 9.45 Å². The van der Waals surface area contributed by atoms with Crippen LogP contribution in [0.25, 0.3) is 0 Å². The maximum atomic E-state index is 11.0. The largest absolute Gasteiger partial charge is 0.543 e. The predicted molar refractivity (Wildman–Crippen MR) is 59.2 cm³/mol. The van der Waals surface area contributed by atoms with Crippen LogP contribution in [0.15, 0.2) is 30.3 Å². The van der Waals surface area contributed by atoms with Crippen molar-refractivity contribution in [3.63, 3.8) is 0 Å². The number of nitrogens with one attached hydrogen (secondary N) is 1. The van der Waals surface area contributed by atoms with Crippen molar-refractivity contribution in [2.75, 3.05) is 6.54 Å². The summed E-state index contributed by atoms with van der Waals surface area (Å²) in [5.74, 6) is -0.616. The van der Waals surface area contributed by atoms with Crippen LogP contribution in [-0.2, 0) is 16.0 Å². The number of rotatable bonds is 5. The highest BCUT2D eigenvalue weighted by Gasteiger charge is 2.11. The molecule has 0 saturated carbocycles. The lowest BCUT2D eigenvalue weighted by Gasteiger charge is -2.10. The number of carbonyl (C=O) groups is 1. The normalized spacial score (nSPS) is 12.1. The van der Waals surface area contributed by atoms with Gasteiger partial charge >= 0.3 is 8.05 Å². The van der Waals surface area contributed by atoms with Crippen LogP contribution in [0.5, 0.6) is 0 Å². The fourth-order valence-corrected chi connectivity index (χ4v) is 1.23. The molecule has 2 radical (unpaired) electrons. The highest BCUT2D eigenvalue weighted by atomic mass is 16.5. The minimum atomic E-state index is -0.393. The van der Waals surface area contributed by atoms with E-state index in [-0.39, 0.29) is 5.92 Å².